The van der Waals surface area contributed by atoms with Crippen molar-refractivity contribution < 1.29 is 4.74 Å². The van der Waals surface area contributed by atoms with E-state index in [-0.39, 0.29) is 30.1 Å². The van der Waals surface area contributed by atoms with Gasteiger partial charge in [0.05, 0.1) is 24.4 Å². The summed E-state index contributed by atoms with van der Waals surface area (Å²) in [6.45, 7) is 9.68. The minimum atomic E-state index is 0. The highest BCUT2D eigenvalue weighted by atomic mass is 127. The van der Waals surface area contributed by atoms with E-state index >= 15 is 0 Å². The van der Waals surface area contributed by atoms with Gasteiger partial charge in [-0.15, -0.1) is 24.0 Å². The molecule has 2 saturated heterocycles. The van der Waals surface area contributed by atoms with E-state index in [0.29, 0.717) is 6.04 Å². The predicted octanol–water partition coefficient (Wildman–Crippen LogP) is 2.82. The van der Waals surface area contributed by atoms with Gasteiger partial charge in [0.15, 0.2) is 5.96 Å². The van der Waals surface area contributed by atoms with E-state index in [1.807, 2.05) is 18.8 Å². The third kappa shape index (κ3) is 5.28. The number of aromatic nitrogens is 2. The third-order valence-corrected chi connectivity index (χ3v) is 6.61. The number of nitrogens with zero attached hydrogens (tertiary/aromatic N) is 5. The summed E-state index contributed by atoms with van der Waals surface area (Å²) in [5, 5.41) is 8.32. The molecule has 2 atom stereocenters. The summed E-state index contributed by atoms with van der Waals surface area (Å²) < 4.78 is 8.18. The van der Waals surface area contributed by atoms with Crippen LogP contribution in [0.1, 0.15) is 36.4 Å². The van der Waals surface area contributed by atoms with E-state index in [9.17, 15) is 0 Å². The molecule has 2 aliphatic rings. The zero-order valence-corrected chi connectivity index (χ0v) is 22.1. The first-order valence-electron chi connectivity index (χ1n) is 11.5. The first-order valence-corrected chi connectivity index (χ1v) is 11.5. The van der Waals surface area contributed by atoms with Gasteiger partial charge in [-0.2, -0.15) is 5.10 Å². The molecule has 1 aromatic carbocycles. The van der Waals surface area contributed by atoms with Crippen molar-refractivity contribution in [3.63, 3.8) is 0 Å². The summed E-state index contributed by atoms with van der Waals surface area (Å²) in [6, 6.07) is 11.1. The quantitative estimate of drug-likeness (QED) is 0.340. The number of guanidine groups is 1. The average molecular weight is 553 g/mol. The maximum absolute atomic E-state index is 6.15. The molecule has 0 bridgehead atoms. The van der Waals surface area contributed by atoms with Gasteiger partial charge in [0.25, 0.3) is 0 Å². The molecule has 0 saturated carbocycles. The van der Waals surface area contributed by atoms with Gasteiger partial charge >= 0.3 is 0 Å². The molecule has 0 amide bonds. The lowest BCUT2D eigenvalue weighted by Gasteiger charge is -2.36. The fourth-order valence-corrected chi connectivity index (χ4v) is 5.04. The van der Waals surface area contributed by atoms with Crippen LogP contribution in [0.3, 0.4) is 0 Å². The summed E-state index contributed by atoms with van der Waals surface area (Å²) in [7, 11) is 3.91. The zero-order valence-electron chi connectivity index (χ0n) is 19.8. The lowest BCUT2D eigenvalue weighted by atomic mass is 10.1. The second-order valence-corrected chi connectivity index (χ2v) is 8.44. The lowest BCUT2D eigenvalue weighted by molar-refractivity contribution is -0.0502. The van der Waals surface area contributed by atoms with E-state index in [2.05, 4.69) is 64.3 Å². The molecule has 8 heteroatoms. The van der Waals surface area contributed by atoms with Gasteiger partial charge in [-0.05, 0) is 18.4 Å². The maximum atomic E-state index is 6.15. The van der Waals surface area contributed by atoms with Gasteiger partial charge in [0.1, 0.15) is 0 Å². The molecule has 32 heavy (non-hydrogen) atoms. The van der Waals surface area contributed by atoms with Crippen molar-refractivity contribution in [2.75, 3.05) is 33.3 Å². The van der Waals surface area contributed by atoms with Crippen LogP contribution in [-0.2, 0) is 37.7 Å². The van der Waals surface area contributed by atoms with Gasteiger partial charge < -0.3 is 15.0 Å². The third-order valence-electron chi connectivity index (χ3n) is 6.61. The highest BCUT2D eigenvalue weighted by Crippen LogP contribution is 2.25. The Bertz CT molecular complexity index is 899. The average Bonchev–Trinajstić information content (AvgIpc) is 3.36. The van der Waals surface area contributed by atoms with Crippen LogP contribution < -0.4 is 5.32 Å². The second-order valence-electron chi connectivity index (χ2n) is 8.44. The molecular formula is C24H37IN6O. The molecule has 2 aromatic rings. The number of benzene rings is 1. The largest absolute Gasteiger partial charge is 0.373 e. The van der Waals surface area contributed by atoms with Crippen LogP contribution in [-0.4, -0.2) is 71.0 Å². The first-order chi connectivity index (χ1) is 15.1. The maximum Gasteiger partial charge on any atom is 0.194 e. The van der Waals surface area contributed by atoms with Crippen LogP contribution in [0, 0.1) is 0 Å². The molecule has 176 valence electrons. The van der Waals surface area contributed by atoms with Gasteiger partial charge in [-0.3, -0.25) is 14.6 Å². The summed E-state index contributed by atoms with van der Waals surface area (Å²) in [4.78, 5) is 9.53. The van der Waals surface area contributed by atoms with Gasteiger partial charge in [-0.25, -0.2) is 0 Å². The van der Waals surface area contributed by atoms with Gasteiger partial charge in [0.2, 0.25) is 0 Å². The Morgan fingerprint density at radius 3 is 2.66 bits per heavy atom. The van der Waals surface area contributed by atoms with E-state index in [4.69, 9.17) is 9.84 Å². The summed E-state index contributed by atoms with van der Waals surface area (Å²) >= 11 is 0. The van der Waals surface area contributed by atoms with Gasteiger partial charge in [0, 0.05) is 58.1 Å². The molecular weight excluding hydrogens is 515 g/mol. The number of hydrogen-bond donors (Lipinski definition) is 1. The summed E-state index contributed by atoms with van der Waals surface area (Å²) in [5.41, 5.74) is 5.15. The minimum absolute atomic E-state index is 0. The number of halogens is 1. The number of fused-ring (bicyclic) bond motifs is 1. The topological polar surface area (TPSA) is 57.9 Å². The fraction of sp³-hybridized carbons (Fsp3) is 0.583. The predicted molar refractivity (Wildman–Crippen MR) is 140 cm³/mol. The Morgan fingerprint density at radius 2 is 1.97 bits per heavy atom. The van der Waals surface area contributed by atoms with Crippen molar-refractivity contribution >= 4 is 29.9 Å². The minimum Gasteiger partial charge on any atom is -0.373 e. The first kappa shape index (κ1) is 25.0. The normalized spacial score (nSPS) is 21.4. The molecule has 0 spiro atoms. The SMILES string of the molecule is CCc1nn(C)c(CC)c1CNC(=NC)N1CC2OCCN(Cc3ccccc3)C2C1.I. The summed E-state index contributed by atoms with van der Waals surface area (Å²) in [5.74, 6) is 0.950. The number of morpholine rings is 1. The monoisotopic (exact) mass is 552 g/mol. The molecule has 2 unspecified atom stereocenters. The molecule has 4 rings (SSSR count). The van der Waals surface area contributed by atoms with Crippen molar-refractivity contribution in [1.29, 1.82) is 0 Å². The smallest absolute Gasteiger partial charge is 0.194 e. The zero-order chi connectivity index (χ0) is 21.8. The number of aryl methyl sites for hydroxylation is 2. The number of aliphatic imine (C=N–C) groups is 1. The lowest BCUT2D eigenvalue weighted by Crippen LogP contribution is -2.50. The molecule has 0 radical (unpaired) electrons. The number of nitrogens with one attached hydrogen (secondary N) is 1. The Morgan fingerprint density at radius 1 is 1.19 bits per heavy atom. The summed E-state index contributed by atoms with van der Waals surface area (Å²) in [6.07, 6.45) is 2.15. The molecule has 1 aromatic heterocycles. The van der Waals surface area contributed by atoms with Crippen LogP contribution in [0.25, 0.3) is 0 Å². The van der Waals surface area contributed by atoms with Crippen molar-refractivity contribution in [3.8, 4) is 0 Å². The van der Waals surface area contributed by atoms with E-state index < -0.39 is 0 Å². The molecule has 2 fully saturated rings. The number of hydrogen-bond acceptors (Lipinski definition) is 4. The molecule has 3 heterocycles. The highest BCUT2D eigenvalue weighted by Gasteiger charge is 2.41. The number of likely N-dealkylation sites (tertiary alicyclic amines) is 1. The molecule has 1 N–H and O–H groups in total. The van der Waals surface area contributed by atoms with Crippen LogP contribution in [0.4, 0.5) is 0 Å². The molecule has 0 aliphatic carbocycles. The van der Waals surface area contributed by atoms with Crippen molar-refractivity contribution in [2.24, 2.45) is 12.0 Å². The van der Waals surface area contributed by atoms with Crippen LogP contribution in [0.15, 0.2) is 35.3 Å². The Kier molecular flexibility index (Phi) is 8.95. The highest BCUT2D eigenvalue weighted by molar-refractivity contribution is 14.0. The standard InChI is InChI=1S/C24H36N6O.HI/c1-5-20-19(21(6-2)28(4)27-20)14-26-24(25-3)30-16-22-23(17-30)31-13-12-29(22)15-18-10-8-7-9-11-18;/h7-11,22-23H,5-6,12-17H2,1-4H3,(H,25,26);1H. The Hall–Kier alpha value is -1.65. The van der Waals surface area contributed by atoms with Crippen LogP contribution in [0.5, 0.6) is 0 Å². The van der Waals surface area contributed by atoms with Crippen molar-refractivity contribution in [3.05, 3.63) is 52.8 Å². The number of ether oxygens (including phenoxy) is 1. The second kappa shape index (κ2) is 11.5. The van der Waals surface area contributed by atoms with E-state index in [1.54, 1.807) is 0 Å². The van der Waals surface area contributed by atoms with E-state index in [0.717, 1.165) is 58.1 Å². The Labute approximate surface area is 209 Å². The van der Waals surface area contributed by atoms with Crippen LogP contribution in [0.2, 0.25) is 0 Å². The number of rotatable bonds is 6. The Balaban J connectivity index is 0.00000289. The fourth-order valence-electron chi connectivity index (χ4n) is 5.04. The van der Waals surface area contributed by atoms with Crippen molar-refractivity contribution in [1.82, 2.24) is 24.9 Å². The van der Waals surface area contributed by atoms with Gasteiger partial charge in [-0.1, -0.05) is 44.2 Å². The van der Waals surface area contributed by atoms with Crippen molar-refractivity contribution in [2.45, 2.75) is 51.9 Å². The van der Waals surface area contributed by atoms with Crippen LogP contribution >= 0.6 is 24.0 Å². The molecule has 7 nitrogen and oxygen atoms in total. The molecule has 2 aliphatic heterocycles. The van der Waals surface area contributed by atoms with E-state index in [1.165, 1.54) is 22.5 Å².